The van der Waals surface area contributed by atoms with Gasteiger partial charge in [-0.05, 0) is 73.7 Å². The van der Waals surface area contributed by atoms with E-state index in [0.717, 1.165) is 33.4 Å². The standard InChI is InChI=1S/C36H30N2O4/c1-21-13-15-25(16-14-21)19-38-34(40)33-31(32(39)27-17-23(3)24(4)18-30(27)42-33)36(38)28-11-7-8-12-29(28)37(35(36)41)20-26-10-6-5-9-22(26)2/h5-18H,19-20H2,1-4H3. The second-order valence-corrected chi connectivity index (χ2v) is 11.5. The van der Waals surface area contributed by atoms with Crippen LogP contribution in [0.1, 0.15) is 55.1 Å². The highest BCUT2D eigenvalue weighted by Crippen LogP contribution is 2.53. The van der Waals surface area contributed by atoms with Crippen LogP contribution < -0.4 is 10.3 Å². The van der Waals surface area contributed by atoms with Gasteiger partial charge in [0.05, 0.1) is 23.2 Å². The number of aryl methyl sites for hydroxylation is 4. The molecule has 1 unspecified atom stereocenters. The van der Waals surface area contributed by atoms with Crippen LogP contribution in [-0.2, 0) is 23.4 Å². The lowest BCUT2D eigenvalue weighted by Crippen LogP contribution is -2.53. The molecule has 3 heterocycles. The maximum atomic E-state index is 15.0. The lowest BCUT2D eigenvalue weighted by Gasteiger charge is -2.34. The first kappa shape index (κ1) is 26.0. The Bertz CT molecular complexity index is 2010. The number of rotatable bonds is 4. The monoisotopic (exact) mass is 554 g/mol. The Morgan fingerprint density at radius 3 is 2.19 bits per heavy atom. The molecule has 0 fully saturated rings. The van der Waals surface area contributed by atoms with Crippen molar-refractivity contribution < 1.29 is 14.0 Å². The van der Waals surface area contributed by atoms with E-state index in [4.69, 9.17) is 4.42 Å². The fraction of sp³-hybridized carbons (Fsp3) is 0.194. The lowest BCUT2D eigenvalue weighted by atomic mass is 9.83. The highest BCUT2D eigenvalue weighted by Gasteiger charge is 2.65. The minimum absolute atomic E-state index is 0.0660. The predicted octanol–water partition coefficient (Wildman–Crippen LogP) is 6.47. The fourth-order valence-electron chi connectivity index (χ4n) is 6.46. The minimum Gasteiger partial charge on any atom is -0.450 e. The quantitative estimate of drug-likeness (QED) is 0.255. The highest BCUT2D eigenvalue weighted by molar-refractivity contribution is 6.17. The van der Waals surface area contributed by atoms with Gasteiger partial charge < -0.3 is 14.2 Å². The van der Waals surface area contributed by atoms with Gasteiger partial charge >= 0.3 is 0 Å². The highest BCUT2D eigenvalue weighted by atomic mass is 16.3. The number of hydrogen-bond donors (Lipinski definition) is 0. The zero-order chi connectivity index (χ0) is 29.3. The number of benzene rings is 4. The van der Waals surface area contributed by atoms with Crippen LogP contribution in [0.5, 0.6) is 0 Å². The van der Waals surface area contributed by atoms with E-state index in [1.165, 1.54) is 0 Å². The van der Waals surface area contributed by atoms with Crippen LogP contribution in [0.25, 0.3) is 11.0 Å². The molecule has 0 bridgehead atoms. The number of para-hydroxylation sites is 1. The van der Waals surface area contributed by atoms with Gasteiger partial charge in [0.25, 0.3) is 11.8 Å². The number of fused-ring (bicyclic) bond motifs is 5. The molecule has 0 saturated carbocycles. The van der Waals surface area contributed by atoms with E-state index < -0.39 is 11.4 Å². The Balaban J connectivity index is 1.52. The summed E-state index contributed by atoms with van der Waals surface area (Å²) in [7, 11) is 0. The summed E-state index contributed by atoms with van der Waals surface area (Å²) < 4.78 is 6.28. The topological polar surface area (TPSA) is 70.8 Å². The normalized spacial score (nSPS) is 17.4. The van der Waals surface area contributed by atoms with Gasteiger partial charge in [0.15, 0.2) is 11.0 Å². The molecule has 7 rings (SSSR count). The molecule has 4 aromatic carbocycles. The fourth-order valence-corrected chi connectivity index (χ4v) is 6.46. The zero-order valence-electron chi connectivity index (χ0n) is 24.0. The summed E-state index contributed by atoms with van der Waals surface area (Å²) in [5, 5.41) is 0.365. The van der Waals surface area contributed by atoms with Crippen molar-refractivity contribution >= 4 is 28.5 Å². The van der Waals surface area contributed by atoms with Crippen LogP contribution in [0.4, 0.5) is 5.69 Å². The molecule has 1 aromatic heterocycles. The van der Waals surface area contributed by atoms with Gasteiger partial charge in [0.2, 0.25) is 5.76 Å². The molecular formula is C36H30N2O4. The summed E-state index contributed by atoms with van der Waals surface area (Å²) in [5.74, 6) is -0.867. The van der Waals surface area contributed by atoms with Crippen molar-refractivity contribution in [3.63, 3.8) is 0 Å². The van der Waals surface area contributed by atoms with Crippen molar-refractivity contribution in [2.24, 2.45) is 0 Å². The Hall–Kier alpha value is -4.97. The molecule has 0 aliphatic carbocycles. The van der Waals surface area contributed by atoms with Crippen molar-refractivity contribution in [1.82, 2.24) is 4.90 Å². The molecule has 2 aliphatic heterocycles. The maximum Gasteiger partial charge on any atom is 0.291 e. The second-order valence-electron chi connectivity index (χ2n) is 11.5. The Kier molecular flexibility index (Phi) is 5.74. The number of amides is 2. The first-order valence-corrected chi connectivity index (χ1v) is 14.1. The van der Waals surface area contributed by atoms with Gasteiger partial charge in [-0.3, -0.25) is 14.4 Å². The van der Waals surface area contributed by atoms with E-state index in [0.29, 0.717) is 28.8 Å². The summed E-state index contributed by atoms with van der Waals surface area (Å²) >= 11 is 0. The summed E-state index contributed by atoms with van der Waals surface area (Å²) in [5.41, 5.74) is 5.59. The van der Waals surface area contributed by atoms with E-state index in [-0.39, 0.29) is 29.2 Å². The number of anilines is 1. The van der Waals surface area contributed by atoms with Crippen molar-refractivity contribution in [1.29, 1.82) is 0 Å². The minimum atomic E-state index is -1.66. The van der Waals surface area contributed by atoms with Crippen LogP contribution in [-0.4, -0.2) is 16.7 Å². The van der Waals surface area contributed by atoms with Crippen LogP contribution in [0, 0.1) is 27.7 Å². The van der Waals surface area contributed by atoms with E-state index in [2.05, 4.69) is 0 Å². The molecule has 2 amide bonds. The molecule has 0 saturated heterocycles. The third-order valence-electron chi connectivity index (χ3n) is 8.90. The number of hydrogen-bond acceptors (Lipinski definition) is 4. The van der Waals surface area contributed by atoms with Gasteiger partial charge in [-0.1, -0.05) is 72.3 Å². The van der Waals surface area contributed by atoms with Gasteiger partial charge in [-0.15, -0.1) is 0 Å². The third-order valence-corrected chi connectivity index (χ3v) is 8.90. The number of carbonyl (C=O) groups excluding carboxylic acids is 2. The maximum absolute atomic E-state index is 15.0. The molecule has 6 heteroatoms. The lowest BCUT2D eigenvalue weighted by molar-refractivity contribution is -0.126. The van der Waals surface area contributed by atoms with E-state index >= 15 is 4.79 Å². The SMILES string of the molecule is Cc1ccc(CN2C(=O)c3oc4cc(C)c(C)cc4c(=O)c3C23C(=O)N(Cc2ccccc2C)c2ccccc23)cc1. The molecule has 1 atom stereocenters. The molecule has 6 nitrogen and oxygen atoms in total. The molecule has 0 radical (unpaired) electrons. The summed E-state index contributed by atoms with van der Waals surface area (Å²) in [6.45, 7) is 8.33. The smallest absolute Gasteiger partial charge is 0.291 e. The van der Waals surface area contributed by atoms with E-state index in [1.807, 2.05) is 100 Å². The van der Waals surface area contributed by atoms with Gasteiger partial charge in [0.1, 0.15) is 5.58 Å². The molecule has 5 aromatic rings. The number of nitrogens with zero attached hydrogens (tertiary/aromatic N) is 2. The Morgan fingerprint density at radius 2 is 1.43 bits per heavy atom. The summed E-state index contributed by atoms with van der Waals surface area (Å²) in [6, 6.07) is 26.9. The van der Waals surface area contributed by atoms with Crippen LogP contribution >= 0.6 is 0 Å². The van der Waals surface area contributed by atoms with Crippen molar-refractivity contribution in [3.8, 4) is 0 Å². The number of carbonyl (C=O) groups is 2. The second kappa shape index (κ2) is 9.28. The largest absolute Gasteiger partial charge is 0.450 e. The Labute approximate surface area is 243 Å². The first-order valence-electron chi connectivity index (χ1n) is 14.1. The third kappa shape index (κ3) is 3.54. The molecule has 42 heavy (non-hydrogen) atoms. The first-order chi connectivity index (χ1) is 20.2. The summed E-state index contributed by atoms with van der Waals surface area (Å²) in [4.78, 5) is 47.2. The molecule has 0 N–H and O–H groups in total. The van der Waals surface area contributed by atoms with E-state index in [1.54, 1.807) is 21.9 Å². The summed E-state index contributed by atoms with van der Waals surface area (Å²) in [6.07, 6.45) is 0. The van der Waals surface area contributed by atoms with Crippen LogP contribution in [0.15, 0.2) is 94.1 Å². The van der Waals surface area contributed by atoms with Gasteiger partial charge in [-0.25, -0.2) is 0 Å². The zero-order valence-corrected chi connectivity index (χ0v) is 24.0. The van der Waals surface area contributed by atoms with Crippen molar-refractivity contribution in [2.45, 2.75) is 46.3 Å². The molecular weight excluding hydrogens is 524 g/mol. The van der Waals surface area contributed by atoms with Crippen molar-refractivity contribution in [2.75, 3.05) is 4.90 Å². The predicted molar refractivity (Wildman–Crippen MR) is 163 cm³/mol. The molecule has 208 valence electrons. The average Bonchev–Trinajstić information content (AvgIpc) is 3.37. The van der Waals surface area contributed by atoms with E-state index in [9.17, 15) is 9.59 Å². The van der Waals surface area contributed by atoms with Crippen LogP contribution in [0.2, 0.25) is 0 Å². The van der Waals surface area contributed by atoms with Gasteiger partial charge in [-0.2, -0.15) is 0 Å². The van der Waals surface area contributed by atoms with Crippen molar-refractivity contribution in [3.05, 3.63) is 145 Å². The van der Waals surface area contributed by atoms with Gasteiger partial charge in [0, 0.05) is 12.1 Å². The average molecular weight is 555 g/mol. The Morgan fingerprint density at radius 1 is 0.738 bits per heavy atom. The van der Waals surface area contributed by atoms with Crippen LogP contribution in [0.3, 0.4) is 0 Å². The molecule has 2 aliphatic rings. The molecule has 1 spiro atoms.